The summed E-state index contributed by atoms with van der Waals surface area (Å²) < 4.78 is 44.5. The van der Waals surface area contributed by atoms with Gasteiger partial charge in [0, 0.05) is 40.4 Å². The number of aromatic nitrogens is 1. The molecule has 0 bridgehead atoms. The molecular formula is C22H22FN3O4S2. The van der Waals surface area contributed by atoms with Crippen molar-refractivity contribution in [3.63, 3.8) is 0 Å². The fourth-order valence-electron chi connectivity index (χ4n) is 3.75. The number of benzene rings is 2. The van der Waals surface area contributed by atoms with Gasteiger partial charge in [-0.1, -0.05) is 6.92 Å². The first-order chi connectivity index (χ1) is 15.2. The highest BCUT2D eigenvalue weighted by atomic mass is 32.2. The number of thiazole rings is 1. The normalized spacial score (nSPS) is 13.9. The predicted molar refractivity (Wildman–Crippen MR) is 121 cm³/mol. The Morgan fingerprint density at radius 3 is 2.75 bits per heavy atom. The minimum atomic E-state index is -3.74. The van der Waals surface area contributed by atoms with Crippen LogP contribution in [-0.4, -0.2) is 43.6 Å². The Hall–Kier alpha value is -2.98. The van der Waals surface area contributed by atoms with Gasteiger partial charge in [0.15, 0.2) is 15.0 Å². The second-order valence-electron chi connectivity index (χ2n) is 7.50. The summed E-state index contributed by atoms with van der Waals surface area (Å²) >= 11 is 1.34. The van der Waals surface area contributed by atoms with Crippen LogP contribution in [0.2, 0.25) is 0 Å². The zero-order chi connectivity index (χ0) is 23.0. The highest BCUT2D eigenvalue weighted by Crippen LogP contribution is 2.31. The van der Waals surface area contributed by atoms with Crippen molar-refractivity contribution in [2.45, 2.75) is 24.8 Å². The van der Waals surface area contributed by atoms with Gasteiger partial charge in [-0.2, -0.15) is 0 Å². The number of rotatable bonds is 4. The zero-order valence-corrected chi connectivity index (χ0v) is 19.2. The molecule has 0 radical (unpaired) electrons. The van der Waals surface area contributed by atoms with Gasteiger partial charge in [0.05, 0.1) is 12.2 Å². The van der Waals surface area contributed by atoms with Crippen molar-refractivity contribution < 1.29 is 22.3 Å². The Labute approximate surface area is 189 Å². The number of sulfone groups is 1. The number of hydrogen-bond donors (Lipinski definition) is 1. The Morgan fingerprint density at radius 2 is 2.09 bits per heavy atom. The molecule has 168 valence electrons. The molecule has 1 amide bonds. The van der Waals surface area contributed by atoms with E-state index in [4.69, 9.17) is 10.5 Å². The first kappa shape index (κ1) is 22.2. The predicted octanol–water partition coefficient (Wildman–Crippen LogP) is 3.53. The summed E-state index contributed by atoms with van der Waals surface area (Å²) in [6.45, 7) is 2.55. The maximum atomic E-state index is 14.9. The van der Waals surface area contributed by atoms with Crippen LogP contribution in [0.15, 0.2) is 40.6 Å². The lowest BCUT2D eigenvalue weighted by Crippen LogP contribution is -2.33. The van der Waals surface area contributed by atoms with E-state index >= 15 is 0 Å². The summed E-state index contributed by atoms with van der Waals surface area (Å²) in [5.41, 5.74) is 8.38. The Kier molecular flexibility index (Phi) is 5.91. The van der Waals surface area contributed by atoms with Gasteiger partial charge in [-0.15, -0.1) is 11.3 Å². The molecule has 1 aliphatic rings. The van der Waals surface area contributed by atoms with E-state index in [1.807, 2.05) is 23.6 Å². The van der Waals surface area contributed by atoms with E-state index in [0.717, 1.165) is 29.1 Å². The number of nitrogens with two attached hydrogens (primary N) is 1. The van der Waals surface area contributed by atoms with Crippen LogP contribution in [-0.2, 0) is 22.8 Å². The summed E-state index contributed by atoms with van der Waals surface area (Å²) in [4.78, 5) is 18.8. The Bertz CT molecular complexity index is 1300. The molecule has 2 N–H and O–H groups in total. The van der Waals surface area contributed by atoms with E-state index in [2.05, 4.69) is 4.98 Å². The van der Waals surface area contributed by atoms with E-state index in [0.29, 0.717) is 17.4 Å². The molecule has 1 aromatic heterocycles. The van der Waals surface area contributed by atoms with Crippen LogP contribution in [0.25, 0.3) is 11.3 Å². The third kappa shape index (κ3) is 4.20. The lowest BCUT2D eigenvalue weighted by Gasteiger charge is -2.22. The molecule has 0 aliphatic carbocycles. The SMILES string of the molecule is CCc1c(C(=O)N2CCOc3ccc(-c4csc(N)n4)cc3C2)ccc(S(C)(=O)=O)c1F. The molecule has 0 fully saturated rings. The fraction of sp³-hybridized carbons (Fsp3) is 0.273. The largest absolute Gasteiger partial charge is 0.491 e. The molecular weight excluding hydrogens is 453 g/mol. The van der Waals surface area contributed by atoms with Crippen molar-refractivity contribution in [3.05, 3.63) is 58.2 Å². The first-order valence-electron chi connectivity index (χ1n) is 9.96. The number of anilines is 1. The lowest BCUT2D eigenvalue weighted by molar-refractivity contribution is 0.0731. The van der Waals surface area contributed by atoms with E-state index in [9.17, 15) is 17.6 Å². The van der Waals surface area contributed by atoms with Gasteiger partial charge < -0.3 is 15.4 Å². The fourth-order valence-corrected chi connectivity index (χ4v) is 5.09. The number of fused-ring (bicyclic) bond motifs is 1. The van der Waals surface area contributed by atoms with Gasteiger partial charge in [0.25, 0.3) is 5.91 Å². The second kappa shape index (κ2) is 8.51. The molecule has 0 atom stereocenters. The molecule has 2 aromatic carbocycles. The molecule has 4 rings (SSSR count). The van der Waals surface area contributed by atoms with Crippen molar-refractivity contribution in [2.75, 3.05) is 25.1 Å². The van der Waals surface area contributed by atoms with Crippen molar-refractivity contribution in [1.29, 1.82) is 0 Å². The molecule has 0 saturated heterocycles. The van der Waals surface area contributed by atoms with Crippen molar-refractivity contribution in [1.82, 2.24) is 9.88 Å². The van der Waals surface area contributed by atoms with Gasteiger partial charge in [-0.05, 0) is 36.8 Å². The van der Waals surface area contributed by atoms with E-state index in [-0.39, 0.29) is 36.6 Å². The van der Waals surface area contributed by atoms with Crippen molar-refractivity contribution in [3.8, 4) is 17.0 Å². The summed E-state index contributed by atoms with van der Waals surface area (Å²) in [5, 5.41) is 2.33. The van der Waals surface area contributed by atoms with E-state index < -0.39 is 20.5 Å². The third-order valence-corrected chi connectivity index (χ3v) is 7.12. The summed E-state index contributed by atoms with van der Waals surface area (Å²) in [5.74, 6) is -0.571. The monoisotopic (exact) mass is 475 g/mol. The topological polar surface area (TPSA) is 103 Å². The summed E-state index contributed by atoms with van der Waals surface area (Å²) in [7, 11) is -3.74. The van der Waals surface area contributed by atoms with Crippen LogP contribution in [0.5, 0.6) is 5.75 Å². The van der Waals surface area contributed by atoms with Gasteiger partial charge in [-0.25, -0.2) is 17.8 Å². The van der Waals surface area contributed by atoms with Gasteiger partial charge >= 0.3 is 0 Å². The van der Waals surface area contributed by atoms with Crippen LogP contribution in [0.4, 0.5) is 9.52 Å². The number of ether oxygens (including phenoxy) is 1. The molecule has 32 heavy (non-hydrogen) atoms. The zero-order valence-electron chi connectivity index (χ0n) is 17.6. The highest BCUT2D eigenvalue weighted by Gasteiger charge is 2.27. The number of nitrogen functional groups attached to an aromatic ring is 1. The quantitative estimate of drug-likeness (QED) is 0.619. The number of hydrogen-bond acceptors (Lipinski definition) is 7. The maximum absolute atomic E-state index is 14.9. The van der Waals surface area contributed by atoms with Gasteiger partial charge in [0.2, 0.25) is 0 Å². The average Bonchev–Trinajstić information content (AvgIpc) is 3.06. The Balaban J connectivity index is 1.68. The molecule has 3 aromatic rings. The van der Waals surface area contributed by atoms with Crippen LogP contribution in [0.3, 0.4) is 0 Å². The van der Waals surface area contributed by atoms with E-state index in [1.54, 1.807) is 11.8 Å². The molecule has 2 heterocycles. The van der Waals surface area contributed by atoms with Crippen LogP contribution >= 0.6 is 11.3 Å². The first-order valence-corrected chi connectivity index (χ1v) is 12.7. The van der Waals surface area contributed by atoms with Crippen LogP contribution < -0.4 is 10.5 Å². The number of carbonyl (C=O) groups excluding carboxylic acids is 1. The van der Waals surface area contributed by atoms with Crippen LogP contribution in [0, 0.1) is 5.82 Å². The van der Waals surface area contributed by atoms with Gasteiger partial charge in [0.1, 0.15) is 23.1 Å². The minimum Gasteiger partial charge on any atom is -0.491 e. The maximum Gasteiger partial charge on any atom is 0.254 e. The number of amides is 1. The lowest BCUT2D eigenvalue weighted by atomic mass is 10.0. The molecule has 0 unspecified atom stereocenters. The second-order valence-corrected chi connectivity index (χ2v) is 10.4. The minimum absolute atomic E-state index is 0.0926. The van der Waals surface area contributed by atoms with Crippen molar-refractivity contribution in [2.24, 2.45) is 0 Å². The van der Waals surface area contributed by atoms with E-state index in [1.165, 1.54) is 17.4 Å². The summed E-state index contributed by atoms with van der Waals surface area (Å²) in [6, 6.07) is 8.18. The number of nitrogens with zero attached hydrogens (tertiary/aromatic N) is 2. The van der Waals surface area contributed by atoms with Crippen molar-refractivity contribution >= 4 is 32.2 Å². The molecule has 10 heteroatoms. The number of halogens is 1. The van der Waals surface area contributed by atoms with Gasteiger partial charge in [-0.3, -0.25) is 4.79 Å². The highest BCUT2D eigenvalue weighted by molar-refractivity contribution is 7.90. The van der Waals surface area contributed by atoms with Crippen LogP contribution in [0.1, 0.15) is 28.4 Å². The molecule has 1 aliphatic heterocycles. The molecule has 0 saturated carbocycles. The average molecular weight is 476 g/mol. The standard InChI is InChI=1S/C22H22FN3O4S2/c1-3-15-16(5-7-19(20(15)23)32(2,28)29)21(27)26-8-9-30-18-6-4-13(10-14(18)11-26)17-12-31-22(24)25-17/h4-7,10,12H,3,8-9,11H2,1-2H3,(H2,24,25). The molecule has 7 nitrogen and oxygen atoms in total. The smallest absolute Gasteiger partial charge is 0.254 e. The molecule has 0 spiro atoms. The summed E-state index contributed by atoms with van der Waals surface area (Å²) in [6.07, 6.45) is 1.13. The third-order valence-electron chi connectivity index (χ3n) is 5.34. The Morgan fingerprint density at radius 1 is 1.31 bits per heavy atom. The number of carbonyl (C=O) groups is 1.